The first-order chi connectivity index (χ1) is 4.74. The topological polar surface area (TPSA) is 36.7 Å². The predicted molar refractivity (Wildman–Crippen MR) is 44.4 cm³/mol. The summed E-state index contributed by atoms with van der Waals surface area (Å²) in [6.45, 7) is 0. The van der Waals surface area contributed by atoms with Gasteiger partial charge in [0.1, 0.15) is 9.34 Å². The monoisotopic (exact) mass is 236 g/mol. The van der Waals surface area contributed by atoms with Crippen molar-refractivity contribution in [3.63, 3.8) is 0 Å². The summed E-state index contributed by atoms with van der Waals surface area (Å²) < 4.78 is 0.606. The van der Waals surface area contributed by atoms with E-state index in [1.807, 2.05) is 6.07 Å². The van der Waals surface area contributed by atoms with E-state index in [1.165, 1.54) is 17.5 Å². The summed E-state index contributed by atoms with van der Waals surface area (Å²) in [6, 6.07) is 2.00. The van der Waals surface area contributed by atoms with Crippen LogP contribution in [-0.4, -0.2) is 4.98 Å². The molecule has 0 aliphatic rings. The molecule has 0 aliphatic carbocycles. The lowest BCUT2D eigenvalue weighted by atomic mass is 10.5. The van der Waals surface area contributed by atoms with Gasteiger partial charge in [-0.2, -0.15) is 5.26 Å². The molecular weight excluding hydrogens is 235 g/mol. The summed E-state index contributed by atoms with van der Waals surface area (Å²) in [5.41, 5.74) is 0. The van der Waals surface area contributed by atoms with Crippen molar-refractivity contribution < 1.29 is 0 Å². The van der Waals surface area contributed by atoms with Gasteiger partial charge in [0.15, 0.2) is 4.83 Å². The molecule has 0 saturated carbocycles. The Balaban J connectivity index is 2.87. The minimum atomic E-state index is -0.329. The molecule has 1 unspecified atom stereocenters. The number of aromatic nitrogens is 1. The molecular formula is C5H2BrClN2S. The Hall–Kier alpha value is -0.110. The molecule has 1 aromatic rings. The summed E-state index contributed by atoms with van der Waals surface area (Å²) in [4.78, 5) is 3.58. The number of nitrogens with zero attached hydrogens (tertiary/aromatic N) is 2. The van der Waals surface area contributed by atoms with Gasteiger partial charge >= 0.3 is 0 Å². The number of halogens is 2. The van der Waals surface area contributed by atoms with Crippen molar-refractivity contribution in [2.45, 2.75) is 4.83 Å². The number of thiazole rings is 1. The van der Waals surface area contributed by atoms with Crippen molar-refractivity contribution in [1.29, 1.82) is 5.26 Å². The van der Waals surface area contributed by atoms with Crippen LogP contribution in [0.15, 0.2) is 6.20 Å². The van der Waals surface area contributed by atoms with E-state index in [1.54, 1.807) is 0 Å². The third-order valence-corrected chi connectivity index (χ3v) is 2.95. The second-order valence-electron chi connectivity index (χ2n) is 1.49. The zero-order valence-electron chi connectivity index (χ0n) is 4.71. The van der Waals surface area contributed by atoms with Crippen LogP contribution in [-0.2, 0) is 0 Å². The van der Waals surface area contributed by atoms with E-state index in [0.717, 1.165) is 0 Å². The average Bonchev–Trinajstić information content (AvgIpc) is 2.34. The van der Waals surface area contributed by atoms with E-state index in [0.29, 0.717) is 9.34 Å². The Morgan fingerprint density at radius 1 is 1.90 bits per heavy atom. The minimum Gasteiger partial charge on any atom is -0.246 e. The fraction of sp³-hybridized carbons (Fsp3) is 0.200. The van der Waals surface area contributed by atoms with Gasteiger partial charge in [-0.15, -0.1) is 11.3 Å². The van der Waals surface area contributed by atoms with Gasteiger partial charge in [0.2, 0.25) is 0 Å². The third-order valence-electron chi connectivity index (χ3n) is 0.826. The van der Waals surface area contributed by atoms with Crippen LogP contribution in [0.2, 0.25) is 4.34 Å². The number of hydrogen-bond acceptors (Lipinski definition) is 3. The second kappa shape index (κ2) is 3.33. The van der Waals surface area contributed by atoms with E-state index in [9.17, 15) is 0 Å². The lowest BCUT2D eigenvalue weighted by Crippen LogP contribution is -1.80. The van der Waals surface area contributed by atoms with E-state index in [-0.39, 0.29) is 4.83 Å². The average molecular weight is 238 g/mol. The van der Waals surface area contributed by atoms with Crippen LogP contribution >= 0.6 is 38.9 Å². The second-order valence-corrected chi connectivity index (χ2v) is 4.10. The number of hydrogen-bond donors (Lipinski definition) is 0. The van der Waals surface area contributed by atoms with Crippen LogP contribution < -0.4 is 0 Å². The molecule has 5 heteroatoms. The highest BCUT2D eigenvalue weighted by Gasteiger charge is 2.09. The maximum Gasteiger partial charge on any atom is 0.153 e. The lowest BCUT2D eigenvalue weighted by Gasteiger charge is -1.88. The van der Waals surface area contributed by atoms with Crippen molar-refractivity contribution in [2.24, 2.45) is 0 Å². The van der Waals surface area contributed by atoms with Crippen LogP contribution in [0.25, 0.3) is 0 Å². The molecule has 0 saturated heterocycles. The Morgan fingerprint density at radius 3 is 3.00 bits per heavy atom. The first kappa shape index (κ1) is 7.99. The predicted octanol–water partition coefficient (Wildman–Crippen LogP) is 2.76. The maximum atomic E-state index is 8.42. The molecule has 0 fully saturated rings. The highest BCUT2D eigenvalue weighted by atomic mass is 79.9. The van der Waals surface area contributed by atoms with Crippen LogP contribution in [0.5, 0.6) is 0 Å². The van der Waals surface area contributed by atoms with Gasteiger partial charge in [0, 0.05) is 0 Å². The van der Waals surface area contributed by atoms with Crippen molar-refractivity contribution >= 4 is 38.9 Å². The van der Waals surface area contributed by atoms with Gasteiger partial charge in [-0.25, -0.2) is 4.98 Å². The zero-order chi connectivity index (χ0) is 7.56. The fourth-order valence-electron chi connectivity index (χ4n) is 0.439. The quantitative estimate of drug-likeness (QED) is 0.704. The minimum absolute atomic E-state index is 0.329. The lowest BCUT2D eigenvalue weighted by molar-refractivity contribution is 1.18. The molecule has 10 heavy (non-hydrogen) atoms. The molecule has 0 aliphatic heterocycles. The molecule has 0 radical (unpaired) electrons. The molecule has 0 spiro atoms. The molecule has 0 amide bonds. The van der Waals surface area contributed by atoms with Crippen molar-refractivity contribution in [3.8, 4) is 6.07 Å². The van der Waals surface area contributed by atoms with E-state index in [4.69, 9.17) is 16.9 Å². The Labute approximate surface area is 75.6 Å². The van der Waals surface area contributed by atoms with Crippen LogP contribution in [0.1, 0.15) is 9.83 Å². The smallest absolute Gasteiger partial charge is 0.153 e. The first-order valence-electron chi connectivity index (χ1n) is 2.39. The van der Waals surface area contributed by atoms with Crippen molar-refractivity contribution in [2.75, 3.05) is 0 Å². The molecule has 0 aromatic carbocycles. The van der Waals surface area contributed by atoms with Crippen molar-refractivity contribution in [1.82, 2.24) is 4.98 Å². The third kappa shape index (κ3) is 1.69. The van der Waals surface area contributed by atoms with E-state index in [2.05, 4.69) is 20.9 Å². The van der Waals surface area contributed by atoms with Crippen LogP contribution in [0.4, 0.5) is 0 Å². The van der Waals surface area contributed by atoms with Gasteiger partial charge in [0.25, 0.3) is 0 Å². The molecule has 0 N–H and O–H groups in total. The van der Waals surface area contributed by atoms with Gasteiger partial charge in [-0.3, -0.25) is 0 Å². The van der Waals surface area contributed by atoms with E-state index >= 15 is 0 Å². The van der Waals surface area contributed by atoms with Crippen molar-refractivity contribution in [3.05, 3.63) is 15.5 Å². The van der Waals surface area contributed by atoms with Crippen LogP contribution in [0, 0.1) is 11.3 Å². The molecule has 0 bridgehead atoms. The normalized spacial score (nSPS) is 12.5. The first-order valence-corrected chi connectivity index (χ1v) is 4.50. The molecule has 1 rings (SSSR count). The summed E-state index contributed by atoms with van der Waals surface area (Å²) >= 11 is 10.0. The number of nitriles is 1. The zero-order valence-corrected chi connectivity index (χ0v) is 7.87. The maximum absolute atomic E-state index is 8.42. The van der Waals surface area contributed by atoms with E-state index < -0.39 is 0 Å². The van der Waals surface area contributed by atoms with Gasteiger partial charge in [0.05, 0.1) is 12.3 Å². The molecule has 1 atom stereocenters. The summed E-state index contributed by atoms with van der Waals surface area (Å²) in [5, 5.41) is 9.13. The number of rotatable bonds is 1. The molecule has 1 aromatic heterocycles. The Bertz CT molecular complexity index is 267. The fourth-order valence-corrected chi connectivity index (χ4v) is 1.69. The Morgan fingerprint density at radius 2 is 2.60 bits per heavy atom. The molecule has 52 valence electrons. The van der Waals surface area contributed by atoms with Gasteiger partial charge < -0.3 is 0 Å². The SMILES string of the molecule is N#CC(Br)c1ncc(Cl)s1. The van der Waals surface area contributed by atoms with Crippen LogP contribution in [0.3, 0.4) is 0 Å². The summed E-state index contributed by atoms with van der Waals surface area (Å²) in [7, 11) is 0. The summed E-state index contributed by atoms with van der Waals surface area (Å²) in [5.74, 6) is 0. The van der Waals surface area contributed by atoms with Gasteiger partial charge in [-0.05, 0) is 0 Å². The highest BCUT2D eigenvalue weighted by Crippen LogP contribution is 2.28. The standard InChI is InChI=1S/C5H2BrClN2S/c6-3(1-8)5-9-2-4(7)10-5/h2-3H. The largest absolute Gasteiger partial charge is 0.246 e. The number of alkyl halides is 1. The Kier molecular flexibility index (Phi) is 2.66. The molecule has 1 heterocycles. The summed E-state index contributed by atoms with van der Waals surface area (Å²) in [6.07, 6.45) is 1.53. The highest BCUT2D eigenvalue weighted by molar-refractivity contribution is 9.09. The van der Waals surface area contributed by atoms with Gasteiger partial charge in [-0.1, -0.05) is 27.5 Å². The molecule has 2 nitrogen and oxygen atoms in total.